The normalized spacial score (nSPS) is 13.1. The van der Waals surface area contributed by atoms with E-state index >= 15 is 0 Å². The minimum atomic E-state index is -0.969. The number of hydrogen-bond donors (Lipinski definition) is 2. The van der Waals surface area contributed by atoms with Gasteiger partial charge in [-0.15, -0.1) is 0 Å². The Kier molecular flexibility index (Phi) is 29.4. The molecular formula is C33H66O4. The molecule has 2 unspecified atom stereocenters. The van der Waals surface area contributed by atoms with Gasteiger partial charge in [0.1, 0.15) is 12.7 Å². The second-order valence-corrected chi connectivity index (χ2v) is 11.5. The summed E-state index contributed by atoms with van der Waals surface area (Å²) in [7, 11) is 0. The van der Waals surface area contributed by atoms with Crippen molar-refractivity contribution in [2.75, 3.05) is 13.2 Å². The summed E-state index contributed by atoms with van der Waals surface area (Å²) in [6.45, 7) is 4.05. The maximum Gasteiger partial charge on any atom is 0.309 e. The Bertz CT molecular complexity index is 454. The number of hydrogen-bond acceptors (Lipinski definition) is 4. The molecule has 2 atom stereocenters. The second-order valence-electron chi connectivity index (χ2n) is 11.5. The highest BCUT2D eigenvalue weighted by Crippen LogP contribution is 2.21. The Hall–Kier alpha value is -0.610. The average Bonchev–Trinajstić information content (AvgIpc) is 2.91. The highest BCUT2D eigenvalue weighted by Gasteiger charge is 2.20. The predicted molar refractivity (Wildman–Crippen MR) is 159 cm³/mol. The minimum absolute atomic E-state index is 0.0573. The van der Waals surface area contributed by atoms with Gasteiger partial charge in [-0.25, -0.2) is 0 Å². The minimum Gasteiger partial charge on any atom is -0.463 e. The number of ether oxygens (including phenoxy) is 1. The van der Waals surface area contributed by atoms with Gasteiger partial charge in [0, 0.05) is 0 Å². The number of carbonyl (C=O) groups is 1. The van der Waals surface area contributed by atoms with Crippen molar-refractivity contribution in [2.24, 2.45) is 5.92 Å². The van der Waals surface area contributed by atoms with Crippen LogP contribution in [0.3, 0.4) is 0 Å². The van der Waals surface area contributed by atoms with Crippen LogP contribution in [0.15, 0.2) is 0 Å². The van der Waals surface area contributed by atoms with Gasteiger partial charge in [-0.05, 0) is 12.8 Å². The summed E-state index contributed by atoms with van der Waals surface area (Å²) < 4.78 is 5.29. The van der Waals surface area contributed by atoms with E-state index in [1.807, 2.05) is 0 Å². The van der Waals surface area contributed by atoms with Crippen molar-refractivity contribution in [3.63, 3.8) is 0 Å². The second kappa shape index (κ2) is 29.9. The number of carbonyl (C=O) groups excluding carboxylic acids is 1. The lowest BCUT2D eigenvalue weighted by molar-refractivity contribution is -0.152. The first-order valence-electron chi connectivity index (χ1n) is 16.6. The van der Waals surface area contributed by atoms with E-state index in [0.29, 0.717) is 0 Å². The number of unbranched alkanes of at least 4 members (excludes halogenated alkanes) is 22. The lowest BCUT2D eigenvalue weighted by Gasteiger charge is -2.17. The van der Waals surface area contributed by atoms with Crippen molar-refractivity contribution in [1.82, 2.24) is 0 Å². The first-order valence-corrected chi connectivity index (χ1v) is 16.6. The molecular weight excluding hydrogens is 460 g/mol. The zero-order valence-corrected chi connectivity index (χ0v) is 25.2. The van der Waals surface area contributed by atoms with Gasteiger partial charge in [0.15, 0.2) is 0 Å². The molecule has 0 aliphatic rings. The quantitative estimate of drug-likeness (QED) is 0.0722. The first-order chi connectivity index (χ1) is 18.2. The molecule has 0 aliphatic carbocycles. The van der Waals surface area contributed by atoms with Gasteiger partial charge in [-0.1, -0.05) is 168 Å². The number of aliphatic hydroxyl groups is 2. The van der Waals surface area contributed by atoms with Gasteiger partial charge in [0.25, 0.3) is 0 Å². The van der Waals surface area contributed by atoms with Gasteiger partial charge in [-0.2, -0.15) is 0 Å². The lowest BCUT2D eigenvalue weighted by Crippen LogP contribution is -2.25. The fraction of sp³-hybridized carbons (Fsp3) is 0.970. The topological polar surface area (TPSA) is 66.8 Å². The van der Waals surface area contributed by atoms with Crippen molar-refractivity contribution >= 4 is 5.97 Å². The number of rotatable bonds is 30. The fourth-order valence-electron chi connectivity index (χ4n) is 5.19. The molecule has 0 radical (unpaired) electrons. The lowest BCUT2D eigenvalue weighted by atomic mass is 9.94. The Morgan fingerprint density at radius 2 is 0.838 bits per heavy atom. The highest BCUT2D eigenvalue weighted by atomic mass is 16.5. The summed E-state index contributed by atoms with van der Waals surface area (Å²) in [4.78, 5) is 12.5. The van der Waals surface area contributed by atoms with Crippen LogP contribution in [0.25, 0.3) is 0 Å². The molecule has 0 spiro atoms. The van der Waals surface area contributed by atoms with Crippen LogP contribution in [-0.2, 0) is 9.53 Å². The van der Waals surface area contributed by atoms with E-state index in [9.17, 15) is 9.90 Å². The number of aliphatic hydroxyl groups excluding tert-OH is 2. The first kappa shape index (κ1) is 36.4. The zero-order valence-electron chi connectivity index (χ0n) is 25.2. The summed E-state index contributed by atoms with van der Waals surface area (Å²) in [6, 6.07) is 0. The van der Waals surface area contributed by atoms with E-state index in [0.717, 1.165) is 25.7 Å². The summed E-state index contributed by atoms with van der Waals surface area (Å²) in [5.41, 5.74) is 0. The molecule has 4 heteroatoms. The molecule has 0 heterocycles. The maximum atomic E-state index is 12.5. The largest absolute Gasteiger partial charge is 0.463 e. The molecule has 0 aromatic rings. The van der Waals surface area contributed by atoms with Gasteiger partial charge >= 0.3 is 5.97 Å². The van der Waals surface area contributed by atoms with Crippen LogP contribution in [0.1, 0.15) is 181 Å². The number of esters is 1. The molecule has 0 aliphatic heterocycles. The summed E-state index contributed by atoms with van der Waals surface area (Å²) >= 11 is 0. The zero-order chi connectivity index (χ0) is 27.2. The summed E-state index contributed by atoms with van der Waals surface area (Å²) in [5.74, 6) is -0.244. The van der Waals surface area contributed by atoms with Crippen molar-refractivity contribution in [3.8, 4) is 0 Å². The molecule has 0 rings (SSSR count). The third-order valence-electron chi connectivity index (χ3n) is 7.77. The van der Waals surface area contributed by atoms with E-state index in [4.69, 9.17) is 9.84 Å². The van der Waals surface area contributed by atoms with Crippen molar-refractivity contribution < 1.29 is 19.7 Å². The third kappa shape index (κ3) is 26.8. The molecule has 0 aromatic carbocycles. The molecule has 0 aromatic heterocycles. The van der Waals surface area contributed by atoms with Crippen molar-refractivity contribution in [3.05, 3.63) is 0 Å². The highest BCUT2D eigenvalue weighted by molar-refractivity contribution is 5.72. The van der Waals surface area contributed by atoms with Crippen molar-refractivity contribution in [1.29, 1.82) is 0 Å². The fourth-order valence-corrected chi connectivity index (χ4v) is 5.19. The molecule has 37 heavy (non-hydrogen) atoms. The van der Waals surface area contributed by atoms with E-state index < -0.39 is 6.10 Å². The Balaban J connectivity index is 3.72. The SMILES string of the molecule is CCCCCCCCCCCCCCCCCCCCC(CCCCCCCC)C(=O)OCC(O)CO. The Morgan fingerprint density at radius 1 is 0.541 bits per heavy atom. The smallest absolute Gasteiger partial charge is 0.309 e. The van der Waals surface area contributed by atoms with Crippen LogP contribution >= 0.6 is 0 Å². The van der Waals surface area contributed by atoms with Crippen molar-refractivity contribution in [2.45, 2.75) is 187 Å². The molecule has 0 saturated carbocycles. The molecule has 0 bridgehead atoms. The predicted octanol–water partition coefficient (Wildman–Crippen LogP) is 9.68. The van der Waals surface area contributed by atoms with Crippen LogP contribution in [-0.4, -0.2) is 35.5 Å². The third-order valence-corrected chi connectivity index (χ3v) is 7.77. The molecule has 222 valence electrons. The average molecular weight is 527 g/mol. The van der Waals surface area contributed by atoms with Crippen LogP contribution in [0, 0.1) is 5.92 Å². The van der Waals surface area contributed by atoms with Crippen LogP contribution in [0.4, 0.5) is 0 Å². The van der Waals surface area contributed by atoms with Gasteiger partial charge in [0.2, 0.25) is 0 Å². The molecule has 0 amide bonds. The summed E-state index contributed by atoms with van der Waals surface area (Å²) in [5, 5.41) is 18.5. The van der Waals surface area contributed by atoms with E-state index in [2.05, 4.69) is 13.8 Å². The molecule has 0 saturated heterocycles. The summed E-state index contributed by atoms with van der Waals surface area (Å²) in [6.07, 6.45) is 32.7. The maximum absolute atomic E-state index is 12.5. The van der Waals surface area contributed by atoms with Crippen LogP contribution < -0.4 is 0 Å². The Labute approximate surface area is 231 Å². The molecule has 4 nitrogen and oxygen atoms in total. The monoisotopic (exact) mass is 526 g/mol. The van der Waals surface area contributed by atoms with E-state index in [1.54, 1.807) is 0 Å². The van der Waals surface area contributed by atoms with Gasteiger partial charge in [0.05, 0.1) is 12.5 Å². The molecule has 0 fully saturated rings. The van der Waals surface area contributed by atoms with E-state index in [1.165, 1.54) is 141 Å². The van der Waals surface area contributed by atoms with Gasteiger partial charge < -0.3 is 14.9 Å². The van der Waals surface area contributed by atoms with E-state index in [-0.39, 0.29) is 25.1 Å². The Morgan fingerprint density at radius 3 is 1.14 bits per heavy atom. The standard InChI is InChI=1S/C33H66O4/c1-3-5-7-9-11-12-13-14-15-16-17-18-19-20-21-22-24-26-28-31(27-25-23-10-8-6-4-2)33(36)37-30-32(35)29-34/h31-32,34-35H,3-30H2,1-2H3. The van der Waals surface area contributed by atoms with Crippen LogP contribution in [0.5, 0.6) is 0 Å². The van der Waals surface area contributed by atoms with Crippen LogP contribution in [0.2, 0.25) is 0 Å². The van der Waals surface area contributed by atoms with Gasteiger partial charge in [-0.3, -0.25) is 4.79 Å². The molecule has 2 N–H and O–H groups in total.